The lowest BCUT2D eigenvalue weighted by Crippen LogP contribution is -2.37. The summed E-state index contributed by atoms with van der Waals surface area (Å²) in [6, 6.07) is 18.3. The van der Waals surface area contributed by atoms with E-state index < -0.39 is 0 Å². The minimum atomic E-state index is -0.227. The van der Waals surface area contributed by atoms with Gasteiger partial charge in [0, 0.05) is 19.5 Å². The van der Waals surface area contributed by atoms with Gasteiger partial charge in [-0.15, -0.1) is 11.3 Å². The molecular formula is C29H33ClN4OS. The number of unbranched alkanes of at least 4 members (excludes halogenated alkanes) is 1. The van der Waals surface area contributed by atoms with Crippen molar-refractivity contribution in [3.8, 4) is 0 Å². The molecule has 2 aromatic heterocycles. The van der Waals surface area contributed by atoms with Crippen LogP contribution in [0.15, 0.2) is 60.0 Å². The van der Waals surface area contributed by atoms with E-state index in [1.165, 1.54) is 35.3 Å². The van der Waals surface area contributed by atoms with Crippen LogP contribution in [0.3, 0.4) is 0 Å². The second-order valence-corrected chi connectivity index (χ2v) is 10.9. The molecule has 1 aliphatic rings. The molecule has 1 unspecified atom stereocenters. The van der Waals surface area contributed by atoms with Crippen LogP contribution in [0.5, 0.6) is 0 Å². The van der Waals surface area contributed by atoms with E-state index in [1.54, 1.807) is 6.07 Å². The highest BCUT2D eigenvalue weighted by Gasteiger charge is 2.31. The summed E-state index contributed by atoms with van der Waals surface area (Å²) in [7, 11) is 0. The van der Waals surface area contributed by atoms with Crippen molar-refractivity contribution in [1.82, 2.24) is 19.8 Å². The summed E-state index contributed by atoms with van der Waals surface area (Å²) in [5.74, 6) is 0.801. The Morgan fingerprint density at radius 2 is 1.86 bits per heavy atom. The SMILES string of the molecule is CCCCN(C(=O)c1sccc1Cl)C(Cc1ccccc1CN1CCCC1)c1nc2ccccc2[nH]1. The summed E-state index contributed by atoms with van der Waals surface area (Å²) in [6.45, 7) is 6.06. The van der Waals surface area contributed by atoms with Gasteiger partial charge in [-0.2, -0.15) is 0 Å². The molecule has 0 bridgehead atoms. The highest BCUT2D eigenvalue weighted by Crippen LogP contribution is 2.32. The van der Waals surface area contributed by atoms with Crippen LogP contribution >= 0.6 is 22.9 Å². The number of rotatable bonds is 10. The highest BCUT2D eigenvalue weighted by atomic mass is 35.5. The van der Waals surface area contributed by atoms with E-state index in [9.17, 15) is 4.79 Å². The van der Waals surface area contributed by atoms with E-state index >= 15 is 0 Å². The summed E-state index contributed by atoms with van der Waals surface area (Å²) in [5, 5.41) is 2.40. The average Bonchev–Trinajstić information content (AvgIpc) is 3.65. The van der Waals surface area contributed by atoms with Crippen molar-refractivity contribution in [3.63, 3.8) is 0 Å². The predicted octanol–water partition coefficient (Wildman–Crippen LogP) is 7.10. The van der Waals surface area contributed by atoms with E-state index in [1.807, 2.05) is 34.5 Å². The van der Waals surface area contributed by atoms with Crippen LogP contribution in [0, 0.1) is 0 Å². The van der Waals surface area contributed by atoms with Crippen LogP contribution in [-0.2, 0) is 13.0 Å². The normalized spacial score (nSPS) is 14.9. The number of aromatic amines is 1. The number of hydrogen-bond acceptors (Lipinski definition) is 4. The topological polar surface area (TPSA) is 52.2 Å². The van der Waals surface area contributed by atoms with Crippen LogP contribution in [0.4, 0.5) is 0 Å². The maximum Gasteiger partial charge on any atom is 0.266 e. The van der Waals surface area contributed by atoms with E-state index in [2.05, 4.69) is 41.1 Å². The van der Waals surface area contributed by atoms with Gasteiger partial charge in [-0.1, -0.05) is 61.3 Å². The van der Waals surface area contributed by atoms with Crippen LogP contribution in [0.1, 0.15) is 65.3 Å². The lowest BCUT2D eigenvalue weighted by atomic mass is 9.97. The fraction of sp³-hybridized carbons (Fsp3) is 0.379. The highest BCUT2D eigenvalue weighted by molar-refractivity contribution is 7.12. The van der Waals surface area contributed by atoms with Crippen molar-refractivity contribution < 1.29 is 4.79 Å². The molecule has 188 valence electrons. The molecule has 1 amide bonds. The molecule has 5 rings (SSSR count). The van der Waals surface area contributed by atoms with Crippen molar-refractivity contribution in [3.05, 3.63) is 86.8 Å². The first-order valence-electron chi connectivity index (χ1n) is 12.9. The fourth-order valence-corrected chi connectivity index (χ4v) is 6.18. The molecule has 5 nitrogen and oxygen atoms in total. The summed E-state index contributed by atoms with van der Waals surface area (Å²) < 4.78 is 0. The summed E-state index contributed by atoms with van der Waals surface area (Å²) in [6.07, 6.45) is 5.15. The quantitative estimate of drug-likeness (QED) is 0.242. The van der Waals surface area contributed by atoms with Gasteiger partial charge in [0.15, 0.2) is 0 Å². The number of nitrogens with one attached hydrogen (secondary N) is 1. The number of hydrogen-bond donors (Lipinski definition) is 1. The zero-order valence-electron chi connectivity index (χ0n) is 20.8. The van der Waals surface area contributed by atoms with E-state index in [-0.39, 0.29) is 11.9 Å². The van der Waals surface area contributed by atoms with Gasteiger partial charge in [0.1, 0.15) is 10.7 Å². The molecule has 0 saturated carbocycles. The Kier molecular flexibility index (Phi) is 8.05. The summed E-state index contributed by atoms with van der Waals surface area (Å²) in [4.78, 5) is 27.5. The van der Waals surface area contributed by atoms with Crippen LogP contribution in [-0.4, -0.2) is 45.3 Å². The van der Waals surface area contributed by atoms with E-state index in [4.69, 9.17) is 16.6 Å². The van der Waals surface area contributed by atoms with Crippen molar-refractivity contribution in [1.29, 1.82) is 0 Å². The molecule has 1 fully saturated rings. The van der Waals surface area contributed by atoms with E-state index in [0.717, 1.165) is 49.3 Å². The van der Waals surface area contributed by atoms with Gasteiger partial charge < -0.3 is 9.88 Å². The molecular weight excluding hydrogens is 488 g/mol. The molecule has 4 aromatic rings. The summed E-state index contributed by atoms with van der Waals surface area (Å²) >= 11 is 7.85. The second kappa shape index (κ2) is 11.6. The number of carbonyl (C=O) groups is 1. The van der Waals surface area contributed by atoms with E-state index in [0.29, 0.717) is 22.9 Å². The number of imidazole rings is 1. The molecule has 7 heteroatoms. The van der Waals surface area contributed by atoms with Crippen molar-refractivity contribution >= 4 is 39.9 Å². The number of thiophene rings is 1. The average molecular weight is 521 g/mol. The minimum Gasteiger partial charge on any atom is -0.340 e. The van der Waals surface area contributed by atoms with Gasteiger partial charge in [0.2, 0.25) is 0 Å². The third-order valence-electron chi connectivity index (χ3n) is 7.05. The minimum absolute atomic E-state index is 0.0223. The lowest BCUT2D eigenvalue weighted by molar-refractivity contribution is 0.0668. The van der Waals surface area contributed by atoms with Gasteiger partial charge >= 0.3 is 0 Å². The Morgan fingerprint density at radius 1 is 1.11 bits per heavy atom. The number of fused-ring (bicyclic) bond motifs is 1. The Labute approximate surface area is 222 Å². The Balaban J connectivity index is 1.55. The molecule has 1 aliphatic heterocycles. The first-order chi connectivity index (χ1) is 17.6. The second-order valence-electron chi connectivity index (χ2n) is 9.56. The maximum atomic E-state index is 13.9. The van der Waals surface area contributed by atoms with Crippen LogP contribution < -0.4 is 0 Å². The smallest absolute Gasteiger partial charge is 0.266 e. The molecule has 2 aromatic carbocycles. The molecule has 0 spiro atoms. The molecule has 0 radical (unpaired) electrons. The third kappa shape index (κ3) is 5.51. The van der Waals surface area contributed by atoms with Crippen molar-refractivity contribution in [2.45, 2.75) is 51.6 Å². The molecule has 1 saturated heterocycles. The van der Waals surface area contributed by atoms with Gasteiger partial charge in [-0.3, -0.25) is 9.69 Å². The van der Waals surface area contributed by atoms with Crippen LogP contribution in [0.2, 0.25) is 5.02 Å². The molecule has 1 N–H and O–H groups in total. The first-order valence-corrected chi connectivity index (χ1v) is 14.2. The summed E-state index contributed by atoms with van der Waals surface area (Å²) in [5.41, 5.74) is 4.50. The maximum absolute atomic E-state index is 13.9. The number of benzene rings is 2. The van der Waals surface area contributed by atoms with Gasteiger partial charge in [0.25, 0.3) is 5.91 Å². The Hall–Kier alpha value is -2.67. The zero-order chi connectivity index (χ0) is 24.9. The molecule has 0 aliphatic carbocycles. The number of aromatic nitrogens is 2. The zero-order valence-corrected chi connectivity index (χ0v) is 22.3. The number of likely N-dealkylation sites (tertiary alicyclic amines) is 1. The van der Waals surface area contributed by atoms with Crippen molar-refractivity contribution in [2.24, 2.45) is 0 Å². The Morgan fingerprint density at radius 3 is 2.58 bits per heavy atom. The fourth-order valence-electron chi connectivity index (χ4n) is 5.09. The molecule has 36 heavy (non-hydrogen) atoms. The van der Waals surface area contributed by atoms with Crippen LogP contribution in [0.25, 0.3) is 11.0 Å². The number of H-pyrrole nitrogens is 1. The number of carbonyl (C=O) groups excluding carboxylic acids is 1. The number of nitrogens with zero attached hydrogens (tertiary/aromatic N) is 3. The largest absolute Gasteiger partial charge is 0.340 e. The number of para-hydroxylation sites is 2. The lowest BCUT2D eigenvalue weighted by Gasteiger charge is -2.31. The predicted molar refractivity (Wildman–Crippen MR) is 149 cm³/mol. The number of amides is 1. The van der Waals surface area contributed by atoms with Gasteiger partial charge in [-0.05, 0) is 67.1 Å². The molecule has 1 atom stereocenters. The van der Waals surface area contributed by atoms with Gasteiger partial charge in [0.05, 0.1) is 22.1 Å². The molecule has 3 heterocycles. The monoisotopic (exact) mass is 520 g/mol. The third-order valence-corrected chi connectivity index (χ3v) is 8.38. The van der Waals surface area contributed by atoms with Crippen molar-refractivity contribution in [2.75, 3.05) is 19.6 Å². The first kappa shape index (κ1) is 25.0. The Bertz CT molecular complexity index is 1280. The number of halogens is 1. The van der Waals surface area contributed by atoms with Gasteiger partial charge in [-0.25, -0.2) is 4.98 Å². The standard InChI is InChI=1S/C29H33ClN4OS/c1-2-3-17-34(29(35)27-23(30)14-18-36-27)26(28-31-24-12-6-7-13-25(24)32-28)19-21-10-4-5-11-22(21)20-33-15-8-9-16-33/h4-7,10-14,18,26H,2-3,8-9,15-17,19-20H2,1H3,(H,31,32).